The molecule has 0 saturated carbocycles. The van der Waals surface area contributed by atoms with Crippen LogP contribution in [0.3, 0.4) is 0 Å². The second-order valence-corrected chi connectivity index (χ2v) is 9.70. The Hall–Kier alpha value is -3.95. The van der Waals surface area contributed by atoms with Crippen LogP contribution in [-0.2, 0) is 9.59 Å². The van der Waals surface area contributed by atoms with Crippen molar-refractivity contribution >= 4 is 40.8 Å². The lowest BCUT2D eigenvalue weighted by Crippen LogP contribution is -2.40. The number of amides is 3. The van der Waals surface area contributed by atoms with Gasteiger partial charge < -0.3 is 20.3 Å². The normalized spacial score (nSPS) is 14.3. The molecule has 3 rings (SSSR count). The molecule has 40 heavy (non-hydrogen) atoms. The number of likely N-dealkylation sites (tertiary alicyclic amines) is 1. The number of piperidine rings is 1. The van der Waals surface area contributed by atoms with Crippen molar-refractivity contribution in [2.75, 3.05) is 44.4 Å². The van der Waals surface area contributed by atoms with E-state index in [4.69, 9.17) is 16.3 Å². The van der Waals surface area contributed by atoms with E-state index in [0.29, 0.717) is 34.5 Å². The van der Waals surface area contributed by atoms with E-state index in [-0.39, 0.29) is 11.5 Å². The van der Waals surface area contributed by atoms with Gasteiger partial charge in [-0.2, -0.15) is 0 Å². The Labute approximate surface area is 240 Å². The molecule has 0 bridgehead atoms. The van der Waals surface area contributed by atoms with Crippen LogP contribution in [0.5, 0.6) is 5.75 Å². The van der Waals surface area contributed by atoms with Crippen LogP contribution in [0.4, 0.5) is 11.5 Å². The van der Waals surface area contributed by atoms with Crippen LogP contribution in [-0.4, -0.2) is 66.3 Å². The minimum absolute atomic E-state index is 0.00387. The maximum atomic E-state index is 13.0. The van der Waals surface area contributed by atoms with Gasteiger partial charge in [0, 0.05) is 25.0 Å². The summed E-state index contributed by atoms with van der Waals surface area (Å²) in [7, 11) is 3.23. The first kappa shape index (κ1) is 30.6. The van der Waals surface area contributed by atoms with Crippen molar-refractivity contribution in [3.8, 4) is 5.75 Å². The molecular formula is C30H36ClN5O4. The number of anilines is 2. The number of aromatic nitrogens is 1. The number of pyridine rings is 1. The van der Waals surface area contributed by atoms with Gasteiger partial charge in [-0.05, 0) is 74.8 Å². The third-order valence-corrected chi connectivity index (χ3v) is 6.53. The zero-order valence-electron chi connectivity index (χ0n) is 23.2. The number of hydrogen-bond acceptors (Lipinski definition) is 6. The fraction of sp³-hybridized carbons (Fsp3) is 0.333. The predicted molar refractivity (Wildman–Crippen MR) is 159 cm³/mol. The molecule has 0 spiro atoms. The number of ether oxygens (including phenoxy) is 1. The van der Waals surface area contributed by atoms with Crippen LogP contribution in [0.15, 0.2) is 72.6 Å². The van der Waals surface area contributed by atoms with Gasteiger partial charge in [-0.15, -0.1) is 0 Å². The maximum absolute atomic E-state index is 13.0. The molecule has 9 nitrogen and oxygen atoms in total. The standard InChI is InChI=1S/C30H36ClN5O4/c1-4-5-10-23(35(2)29(38)21-36-17-7-6-8-18-36)11-9-12-28(37)33-26-15-14-24(40-3)19-25(26)30(39)34-27-16-13-22(31)20-32-27/h5,9-16,19-20H,4,6-8,17-18,21H2,1-3H3,(H,33,37)(H,32,34,39)/b10-5-,12-9+,23-11+. The Balaban J connectivity index is 1.71. The molecule has 0 aliphatic carbocycles. The van der Waals surface area contributed by atoms with Gasteiger partial charge in [-0.3, -0.25) is 19.3 Å². The predicted octanol–water partition coefficient (Wildman–Crippen LogP) is 5.29. The van der Waals surface area contributed by atoms with Crippen LogP contribution < -0.4 is 15.4 Å². The average Bonchev–Trinajstić information content (AvgIpc) is 2.96. The number of methoxy groups -OCH3 is 1. The molecule has 0 radical (unpaired) electrons. The fourth-order valence-corrected chi connectivity index (χ4v) is 4.18. The second-order valence-electron chi connectivity index (χ2n) is 9.27. The highest BCUT2D eigenvalue weighted by atomic mass is 35.5. The van der Waals surface area contributed by atoms with Crippen molar-refractivity contribution in [1.29, 1.82) is 0 Å². The summed E-state index contributed by atoms with van der Waals surface area (Å²) in [5, 5.41) is 5.87. The van der Waals surface area contributed by atoms with Gasteiger partial charge in [-0.25, -0.2) is 4.98 Å². The van der Waals surface area contributed by atoms with Crippen molar-refractivity contribution in [1.82, 2.24) is 14.8 Å². The number of likely N-dealkylation sites (N-methyl/N-ethyl adjacent to an activating group) is 1. The van der Waals surface area contributed by atoms with Gasteiger partial charge in [-0.1, -0.05) is 37.1 Å². The second kappa shape index (κ2) is 15.6. The zero-order chi connectivity index (χ0) is 28.9. The van der Waals surface area contributed by atoms with Crippen molar-refractivity contribution in [2.24, 2.45) is 0 Å². The van der Waals surface area contributed by atoms with Crippen molar-refractivity contribution < 1.29 is 19.1 Å². The molecular weight excluding hydrogens is 530 g/mol. The molecule has 1 aliphatic rings. The van der Waals surface area contributed by atoms with Gasteiger partial charge in [0.2, 0.25) is 11.8 Å². The van der Waals surface area contributed by atoms with Crippen LogP contribution in [0.2, 0.25) is 5.02 Å². The van der Waals surface area contributed by atoms with Crippen LogP contribution in [0.25, 0.3) is 0 Å². The lowest BCUT2D eigenvalue weighted by atomic mass is 10.1. The first-order chi connectivity index (χ1) is 19.3. The molecule has 1 aliphatic heterocycles. The van der Waals surface area contributed by atoms with Crippen molar-refractivity contribution in [3.05, 3.63) is 83.2 Å². The van der Waals surface area contributed by atoms with Crippen molar-refractivity contribution in [3.63, 3.8) is 0 Å². The lowest BCUT2D eigenvalue weighted by molar-refractivity contribution is -0.129. The molecule has 1 saturated heterocycles. The number of halogens is 1. The summed E-state index contributed by atoms with van der Waals surface area (Å²) >= 11 is 5.87. The number of rotatable bonds is 11. The monoisotopic (exact) mass is 565 g/mol. The topological polar surface area (TPSA) is 104 Å². The van der Waals surface area contributed by atoms with E-state index < -0.39 is 11.8 Å². The van der Waals surface area contributed by atoms with Crippen LogP contribution in [0.1, 0.15) is 43.0 Å². The number of nitrogens with zero attached hydrogens (tertiary/aromatic N) is 3. The SMILES string of the molecule is CC\C=C/C(=C\C=C\C(=O)Nc1ccc(OC)cc1C(=O)Nc1ccc(Cl)cn1)N(C)C(=O)CN1CCCCC1. The smallest absolute Gasteiger partial charge is 0.259 e. The molecule has 212 valence electrons. The minimum Gasteiger partial charge on any atom is -0.497 e. The minimum atomic E-state index is -0.478. The lowest BCUT2D eigenvalue weighted by Gasteiger charge is -2.28. The Morgan fingerprint density at radius 1 is 1.10 bits per heavy atom. The molecule has 1 fully saturated rings. The van der Waals surface area contributed by atoms with E-state index in [2.05, 4.69) is 20.5 Å². The number of allylic oxidation sites excluding steroid dienone is 4. The highest BCUT2D eigenvalue weighted by Crippen LogP contribution is 2.23. The summed E-state index contributed by atoms with van der Waals surface area (Å²) in [6.07, 6.45) is 14.1. The maximum Gasteiger partial charge on any atom is 0.259 e. The van der Waals surface area contributed by atoms with E-state index in [1.165, 1.54) is 31.9 Å². The van der Waals surface area contributed by atoms with E-state index in [0.717, 1.165) is 32.4 Å². The third kappa shape index (κ3) is 9.36. The van der Waals surface area contributed by atoms with Gasteiger partial charge in [0.25, 0.3) is 5.91 Å². The van der Waals surface area contributed by atoms with Gasteiger partial charge in [0.15, 0.2) is 0 Å². The highest BCUT2D eigenvalue weighted by Gasteiger charge is 2.18. The Kier molecular flexibility index (Phi) is 11.9. The van der Waals surface area contributed by atoms with Gasteiger partial charge >= 0.3 is 0 Å². The van der Waals surface area contributed by atoms with Crippen LogP contribution in [0, 0.1) is 0 Å². The van der Waals surface area contributed by atoms with E-state index in [1.807, 2.05) is 19.1 Å². The Bertz CT molecular complexity index is 1270. The quantitative estimate of drug-likeness (QED) is 0.284. The van der Waals surface area contributed by atoms with Crippen molar-refractivity contribution in [2.45, 2.75) is 32.6 Å². The molecule has 0 unspecified atom stereocenters. The number of hydrogen-bond donors (Lipinski definition) is 2. The molecule has 2 heterocycles. The third-order valence-electron chi connectivity index (χ3n) is 6.31. The molecule has 1 aromatic carbocycles. The molecule has 2 aromatic rings. The zero-order valence-corrected chi connectivity index (χ0v) is 23.9. The largest absolute Gasteiger partial charge is 0.497 e. The number of benzene rings is 1. The number of carbonyl (C=O) groups is 3. The highest BCUT2D eigenvalue weighted by molar-refractivity contribution is 6.30. The van der Waals surface area contributed by atoms with Gasteiger partial charge in [0.1, 0.15) is 11.6 Å². The summed E-state index contributed by atoms with van der Waals surface area (Å²) in [4.78, 5) is 46.5. The number of carbonyl (C=O) groups excluding carboxylic acids is 3. The molecule has 10 heteroatoms. The van der Waals surface area contributed by atoms with E-state index in [1.54, 1.807) is 48.4 Å². The molecule has 0 atom stereocenters. The number of nitrogens with one attached hydrogen (secondary N) is 2. The molecule has 3 amide bonds. The summed E-state index contributed by atoms with van der Waals surface area (Å²) in [6, 6.07) is 7.95. The molecule has 2 N–H and O–H groups in total. The van der Waals surface area contributed by atoms with E-state index >= 15 is 0 Å². The first-order valence-corrected chi connectivity index (χ1v) is 13.6. The summed E-state index contributed by atoms with van der Waals surface area (Å²) in [5.74, 6) is -0.160. The Morgan fingerprint density at radius 2 is 1.88 bits per heavy atom. The fourth-order valence-electron chi connectivity index (χ4n) is 4.07. The Morgan fingerprint density at radius 3 is 2.55 bits per heavy atom. The van der Waals surface area contributed by atoms with Crippen LogP contribution >= 0.6 is 11.6 Å². The summed E-state index contributed by atoms with van der Waals surface area (Å²) < 4.78 is 5.25. The van der Waals surface area contributed by atoms with Gasteiger partial charge in [0.05, 0.1) is 29.9 Å². The molecule has 1 aromatic heterocycles. The van der Waals surface area contributed by atoms with E-state index in [9.17, 15) is 14.4 Å². The first-order valence-electron chi connectivity index (χ1n) is 13.3. The summed E-state index contributed by atoms with van der Waals surface area (Å²) in [5.41, 5.74) is 1.17. The average molecular weight is 566 g/mol. The summed E-state index contributed by atoms with van der Waals surface area (Å²) in [6.45, 7) is 4.25.